The molecule has 1 N–H and O–H groups in total. The minimum Gasteiger partial charge on any atom is -0.351 e. The summed E-state index contributed by atoms with van der Waals surface area (Å²) in [6.07, 6.45) is 0. The molecule has 0 aromatic heterocycles. The lowest BCUT2D eigenvalue weighted by Crippen LogP contribution is -2.42. The number of aryl methyl sites for hydroxylation is 2. The third-order valence-corrected chi connectivity index (χ3v) is 3.76. The van der Waals surface area contributed by atoms with E-state index in [9.17, 15) is 4.79 Å². The van der Waals surface area contributed by atoms with Gasteiger partial charge in [-0.25, -0.2) is 0 Å². The SMILES string of the molecule is CCN(CC)CC(C)(C)CNC(=O)c1cc(C)cc(C)c1. The Bertz CT molecular complexity index is 456. The van der Waals surface area contributed by atoms with Crippen molar-refractivity contribution < 1.29 is 4.79 Å². The van der Waals surface area contributed by atoms with Crippen molar-refractivity contribution in [1.82, 2.24) is 10.2 Å². The Balaban J connectivity index is 2.62. The van der Waals surface area contributed by atoms with Crippen LogP contribution in [0.25, 0.3) is 0 Å². The Hall–Kier alpha value is -1.35. The first-order chi connectivity index (χ1) is 9.77. The molecule has 0 aliphatic rings. The average molecular weight is 290 g/mol. The van der Waals surface area contributed by atoms with Gasteiger partial charge in [-0.15, -0.1) is 0 Å². The lowest BCUT2D eigenvalue weighted by atomic mass is 9.92. The molecule has 3 nitrogen and oxygen atoms in total. The van der Waals surface area contributed by atoms with Crippen LogP contribution in [0.15, 0.2) is 18.2 Å². The number of hydrogen-bond donors (Lipinski definition) is 1. The molecular weight excluding hydrogens is 260 g/mol. The van der Waals surface area contributed by atoms with E-state index in [1.165, 1.54) is 0 Å². The zero-order chi connectivity index (χ0) is 16.0. The summed E-state index contributed by atoms with van der Waals surface area (Å²) in [4.78, 5) is 14.7. The number of nitrogens with zero attached hydrogens (tertiary/aromatic N) is 1. The van der Waals surface area contributed by atoms with Gasteiger partial charge in [0.05, 0.1) is 0 Å². The van der Waals surface area contributed by atoms with E-state index in [1.54, 1.807) is 0 Å². The molecule has 1 aromatic rings. The first kappa shape index (κ1) is 17.7. The van der Waals surface area contributed by atoms with Gasteiger partial charge in [0.1, 0.15) is 0 Å². The molecule has 0 bridgehead atoms. The van der Waals surface area contributed by atoms with Crippen LogP contribution in [0.5, 0.6) is 0 Å². The molecule has 0 aliphatic carbocycles. The van der Waals surface area contributed by atoms with E-state index in [0.29, 0.717) is 6.54 Å². The monoisotopic (exact) mass is 290 g/mol. The summed E-state index contributed by atoms with van der Waals surface area (Å²) in [5.74, 6) is 0.0226. The molecule has 1 rings (SSSR count). The van der Waals surface area contributed by atoms with Crippen molar-refractivity contribution in [2.45, 2.75) is 41.5 Å². The molecule has 21 heavy (non-hydrogen) atoms. The largest absolute Gasteiger partial charge is 0.351 e. The van der Waals surface area contributed by atoms with Crippen LogP contribution in [0, 0.1) is 19.3 Å². The lowest BCUT2D eigenvalue weighted by molar-refractivity contribution is 0.0923. The van der Waals surface area contributed by atoms with Crippen molar-refractivity contribution in [3.8, 4) is 0 Å². The molecule has 118 valence electrons. The van der Waals surface area contributed by atoms with E-state index in [2.05, 4.69) is 44.0 Å². The van der Waals surface area contributed by atoms with Crippen LogP contribution in [0.4, 0.5) is 0 Å². The second-order valence-electron chi connectivity index (χ2n) is 6.68. The fraction of sp³-hybridized carbons (Fsp3) is 0.611. The maximum atomic E-state index is 12.3. The lowest BCUT2D eigenvalue weighted by Gasteiger charge is -2.31. The summed E-state index contributed by atoms with van der Waals surface area (Å²) in [7, 11) is 0. The fourth-order valence-corrected chi connectivity index (χ4v) is 2.64. The number of benzene rings is 1. The molecule has 0 spiro atoms. The number of hydrogen-bond acceptors (Lipinski definition) is 2. The predicted octanol–water partition coefficient (Wildman–Crippen LogP) is 3.40. The molecule has 0 heterocycles. The molecule has 1 aromatic carbocycles. The van der Waals surface area contributed by atoms with Crippen molar-refractivity contribution in [2.75, 3.05) is 26.2 Å². The highest BCUT2D eigenvalue weighted by atomic mass is 16.1. The molecule has 1 amide bonds. The first-order valence-corrected chi connectivity index (χ1v) is 7.86. The van der Waals surface area contributed by atoms with Crippen molar-refractivity contribution in [1.29, 1.82) is 0 Å². The fourth-order valence-electron chi connectivity index (χ4n) is 2.64. The molecule has 0 fully saturated rings. The van der Waals surface area contributed by atoms with Gasteiger partial charge in [-0.2, -0.15) is 0 Å². The Morgan fingerprint density at radius 1 is 1.10 bits per heavy atom. The number of carbonyl (C=O) groups is 1. The van der Waals surface area contributed by atoms with E-state index in [1.807, 2.05) is 26.0 Å². The average Bonchev–Trinajstić information content (AvgIpc) is 2.41. The van der Waals surface area contributed by atoms with E-state index in [0.717, 1.165) is 36.3 Å². The Labute approximate surface area is 129 Å². The van der Waals surface area contributed by atoms with Gasteiger partial charge in [0.25, 0.3) is 5.91 Å². The summed E-state index contributed by atoms with van der Waals surface area (Å²) in [5, 5.41) is 3.08. The number of amides is 1. The Morgan fingerprint density at radius 3 is 2.10 bits per heavy atom. The standard InChI is InChI=1S/C18H30N2O/c1-7-20(8-2)13-18(5,6)12-19-17(21)16-10-14(3)9-15(4)11-16/h9-11H,7-8,12-13H2,1-6H3,(H,19,21). The van der Waals surface area contributed by atoms with Gasteiger partial charge in [-0.05, 0) is 44.5 Å². The second kappa shape index (κ2) is 7.60. The van der Waals surface area contributed by atoms with Crippen LogP contribution in [-0.4, -0.2) is 37.0 Å². The number of nitrogens with one attached hydrogen (secondary N) is 1. The third-order valence-electron chi connectivity index (χ3n) is 3.76. The number of carbonyl (C=O) groups excluding carboxylic acids is 1. The van der Waals surface area contributed by atoms with Crippen molar-refractivity contribution in [3.63, 3.8) is 0 Å². The van der Waals surface area contributed by atoms with Gasteiger partial charge >= 0.3 is 0 Å². The first-order valence-electron chi connectivity index (χ1n) is 7.86. The van der Waals surface area contributed by atoms with Crippen LogP contribution in [0.2, 0.25) is 0 Å². The molecule has 0 aliphatic heterocycles. The van der Waals surface area contributed by atoms with E-state index in [4.69, 9.17) is 0 Å². The van der Waals surface area contributed by atoms with Crippen LogP contribution in [-0.2, 0) is 0 Å². The predicted molar refractivity (Wildman–Crippen MR) is 89.8 cm³/mol. The summed E-state index contributed by atoms with van der Waals surface area (Å²) >= 11 is 0. The normalized spacial score (nSPS) is 11.8. The van der Waals surface area contributed by atoms with Gasteiger partial charge in [-0.1, -0.05) is 44.9 Å². The van der Waals surface area contributed by atoms with Crippen molar-refractivity contribution in [2.24, 2.45) is 5.41 Å². The van der Waals surface area contributed by atoms with E-state index in [-0.39, 0.29) is 11.3 Å². The highest BCUT2D eigenvalue weighted by Gasteiger charge is 2.21. The van der Waals surface area contributed by atoms with E-state index < -0.39 is 0 Å². The Morgan fingerprint density at radius 2 is 1.62 bits per heavy atom. The van der Waals surface area contributed by atoms with Gasteiger partial charge in [0, 0.05) is 18.7 Å². The summed E-state index contributed by atoms with van der Waals surface area (Å²) in [6, 6.07) is 5.97. The summed E-state index contributed by atoms with van der Waals surface area (Å²) in [6.45, 7) is 16.6. The quantitative estimate of drug-likeness (QED) is 0.834. The number of rotatable bonds is 7. The minimum absolute atomic E-state index is 0.0226. The maximum Gasteiger partial charge on any atom is 0.251 e. The van der Waals surface area contributed by atoms with Crippen LogP contribution >= 0.6 is 0 Å². The van der Waals surface area contributed by atoms with Crippen LogP contribution in [0.1, 0.15) is 49.2 Å². The molecule has 0 saturated carbocycles. The zero-order valence-corrected chi connectivity index (χ0v) is 14.4. The Kier molecular flexibility index (Phi) is 6.41. The highest BCUT2D eigenvalue weighted by Crippen LogP contribution is 2.16. The van der Waals surface area contributed by atoms with Gasteiger partial charge in [0.2, 0.25) is 0 Å². The molecule has 3 heteroatoms. The zero-order valence-electron chi connectivity index (χ0n) is 14.4. The van der Waals surface area contributed by atoms with Gasteiger partial charge in [-0.3, -0.25) is 4.79 Å². The molecule has 0 radical (unpaired) electrons. The highest BCUT2D eigenvalue weighted by molar-refractivity contribution is 5.94. The van der Waals surface area contributed by atoms with Crippen LogP contribution < -0.4 is 5.32 Å². The van der Waals surface area contributed by atoms with E-state index >= 15 is 0 Å². The summed E-state index contributed by atoms with van der Waals surface area (Å²) in [5.41, 5.74) is 3.08. The molecule has 0 saturated heterocycles. The van der Waals surface area contributed by atoms with Crippen molar-refractivity contribution in [3.05, 3.63) is 34.9 Å². The van der Waals surface area contributed by atoms with Crippen LogP contribution in [0.3, 0.4) is 0 Å². The van der Waals surface area contributed by atoms with Crippen molar-refractivity contribution >= 4 is 5.91 Å². The van der Waals surface area contributed by atoms with Gasteiger partial charge < -0.3 is 10.2 Å². The smallest absolute Gasteiger partial charge is 0.251 e. The minimum atomic E-state index is 0.0226. The molecular formula is C18H30N2O. The maximum absolute atomic E-state index is 12.3. The topological polar surface area (TPSA) is 32.3 Å². The summed E-state index contributed by atoms with van der Waals surface area (Å²) < 4.78 is 0. The second-order valence-corrected chi connectivity index (χ2v) is 6.68. The molecule has 0 atom stereocenters. The van der Waals surface area contributed by atoms with Gasteiger partial charge in [0.15, 0.2) is 0 Å². The third kappa shape index (κ3) is 5.88. The molecule has 0 unspecified atom stereocenters.